The van der Waals surface area contributed by atoms with Crippen molar-refractivity contribution in [3.63, 3.8) is 0 Å². The number of fused-ring (bicyclic) bond motifs is 1. The summed E-state index contributed by atoms with van der Waals surface area (Å²) in [6.07, 6.45) is -0.772. The van der Waals surface area contributed by atoms with Gasteiger partial charge in [-0.25, -0.2) is 0 Å². The highest BCUT2D eigenvalue weighted by Crippen LogP contribution is 2.36. The van der Waals surface area contributed by atoms with Gasteiger partial charge in [-0.2, -0.15) is 0 Å². The van der Waals surface area contributed by atoms with Gasteiger partial charge in [-0.15, -0.1) is 0 Å². The number of anilines is 1. The first-order valence-corrected chi connectivity index (χ1v) is 7.61. The molecule has 2 aromatic rings. The Hall–Kier alpha value is -2.60. The molecule has 0 bridgehead atoms. The van der Waals surface area contributed by atoms with Gasteiger partial charge < -0.3 is 24.3 Å². The maximum atomic E-state index is 12.5. The first-order valence-electron chi connectivity index (χ1n) is 7.23. The van der Waals surface area contributed by atoms with Crippen molar-refractivity contribution < 1.29 is 23.7 Å². The lowest BCUT2D eigenvalue weighted by atomic mass is 10.2. The summed E-state index contributed by atoms with van der Waals surface area (Å²) in [6, 6.07) is 10.4. The monoisotopic (exact) mass is 349 g/mol. The lowest BCUT2D eigenvalue weighted by Gasteiger charge is -2.25. The van der Waals surface area contributed by atoms with Crippen LogP contribution in [0.25, 0.3) is 0 Å². The molecule has 0 saturated heterocycles. The zero-order valence-corrected chi connectivity index (χ0v) is 13.9. The van der Waals surface area contributed by atoms with Crippen molar-refractivity contribution in [1.82, 2.24) is 0 Å². The van der Waals surface area contributed by atoms with E-state index < -0.39 is 6.10 Å². The van der Waals surface area contributed by atoms with E-state index in [1.807, 2.05) is 12.1 Å². The van der Waals surface area contributed by atoms with Crippen LogP contribution in [0.2, 0.25) is 5.02 Å². The van der Waals surface area contributed by atoms with Crippen molar-refractivity contribution in [1.29, 1.82) is 0 Å². The number of hydrogen-bond acceptors (Lipinski definition) is 5. The molecule has 0 spiro atoms. The molecule has 1 aliphatic heterocycles. The normalized spacial score (nSPS) is 15.5. The number of benzene rings is 2. The third kappa shape index (κ3) is 3.19. The van der Waals surface area contributed by atoms with Crippen molar-refractivity contribution in [3.8, 4) is 23.0 Å². The maximum absolute atomic E-state index is 12.5. The number of nitrogens with one attached hydrogen (secondary N) is 1. The summed E-state index contributed by atoms with van der Waals surface area (Å²) in [5.41, 5.74) is 0.436. The van der Waals surface area contributed by atoms with E-state index in [1.165, 1.54) is 14.2 Å². The SMILES string of the molecule is COc1cc(NC(=O)[C@@H]2COc3ccccc3O2)c(OC)cc1Cl. The lowest BCUT2D eigenvalue weighted by Crippen LogP contribution is -2.40. The Morgan fingerprint density at radius 3 is 2.58 bits per heavy atom. The molecular formula is C17H16ClNO5. The van der Waals surface area contributed by atoms with E-state index in [0.29, 0.717) is 33.7 Å². The minimum absolute atomic E-state index is 0.121. The zero-order valence-electron chi connectivity index (χ0n) is 13.2. The second kappa shape index (κ2) is 6.88. The summed E-state index contributed by atoms with van der Waals surface area (Å²) >= 11 is 6.06. The zero-order chi connectivity index (χ0) is 17.1. The number of ether oxygens (including phenoxy) is 4. The molecule has 24 heavy (non-hydrogen) atoms. The van der Waals surface area contributed by atoms with Crippen LogP contribution in [-0.4, -0.2) is 32.8 Å². The number of methoxy groups -OCH3 is 2. The van der Waals surface area contributed by atoms with Crippen LogP contribution in [0.5, 0.6) is 23.0 Å². The quantitative estimate of drug-likeness (QED) is 0.918. The van der Waals surface area contributed by atoms with Crippen molar-refractivity contribution in [3.05, 3.63) is 41.4 Å². The highest BCUT2D eigenvalue weighted by atomic mass is 35.5. The van der Waals surface area contributed by atoms with E-state index >= 15 is 0 Å². The topological polar surface area (TPSA) is 66.0 Å². The van der Waals surface area contributed by atoms with Gasteiger partial charge >= 0.3 is 0 Å². The molecule has 1 aliphatic rings. The molecule has 2 aromatic carbocycles. The lowest BCUT2D eigenvalue weighted by molar-refractivity contribution is -0.125. The Balaban J connectivity index is 1.78. The molecule has 1 atom stereocenters. The maximum Gasteiger partial charge on any atom is 0.269 e. The van der Waals surface area contributed by atoms with E-state index in [-0.39, 0.29) is 12.5 Å². The highest BCUT2D eigenvalue weighted by molar-refractivity contribution is 6.32. The molecule has 1 heterocycles. The second-order valence-corrected chi connectivity index (χ2v) is 5.45. The van der Waals surface area contributed by atoms with Gasteiger partial charge in [-0.3, -0.25) is 4.79 Å². The van der Waals surface area contributed by atoms with Crippen LogP contribution >= 0.6 is 11.6 Å². The predicted molar refractivity (Wildman–Crippen MR) is 89.5 cm³/mol. The Morgan fingerprint density at radius 2 is 1.88 bits per heavy atom. The van der Waals surface area contributed by atoms with Gasteiger partial charge in [-0.05, 0) is 12.1 Å². The molecule has 0 fully saturated rings. The molecule has 126 valence electrons. The smallest absolute Gasteiger partial charge is 0.269 e. The van der Waals surface area contributed by atoms with Crippen molar-refractivity contribution in [2.45, 2.75) is 6.10 Å². The Labute approximate surface area is 144 Å². The molecule has 0 aliphatic carbocycles. The fourth-order valence-electron chi connectivity index (χ4n) is 2.32. The second-order valence-electron chi connectivity index (χ2n) is 5.04. The van der Waals surface area contributed by atoms with Crippen LogP contribution in [0, 0.1) is 0 Å². The van der Waals surface area contributed by atoms with Gasteiger partial charge in [0, 0.05) is 12.1 Å². The van der Waals surface area contributed by atoms with E-state index in [2.05, 4.69) is 5.32 Å². The fourth-order valence-corrected chi connectivity index (χ4v) is 2.55. The molecule has 1 amide bonds. The van der Waals surface area contributed by atoms with Crippen LogP contribution in [-0.2, 0) is 4.79 Å². The largest absolute Gasteiger partial charge is 0.495 e. The van der Waals surface area contributed by atoms with Gasteiger partial charge in [0.1, 0.15) is 18.1 Å². The average molecular weight is 350 g/mol. The van der Waals surface area contributed by atoms with E-state index in [1.54, 1.807) is 24.3 Å². The predicted octanol–water partition coefficient (Wildman–Crippen LogP) is 3.14. The van der Waals surface area contributed by atoms with Crippen molar-refractivity contribution in [2.24, 2.45) is 0 Å². The minimum atomic E-state index is -0.772. The van der Waals surface area contributed by atoms with Gasteiger partial charge in [0.2, 0.25) is 6.10 Å². The van der Waals surface area contributed by atoms with Crippen LogP contribution in [0.4, 0.5) is 5.69 Å². The average Bonchev–Trinajstić information content (AvgIpc) is 2.62. The first-order chi connectivity index (χ1) is 11.6. The van der Waals surface area contributed by atoms with Crippen molar-refractivity contribution in [2.75, 3.05) is 26.1 Å². The van der Waals surface area contributed by atoms with Crippen LogP contribution in [0.1, 0.15) is 0 Å². The summed E-state index contributed by atoms with van der Waals surface area (Å²) in [5, 5.41) is 3.14. The standard InChI is InChI=1S/C17H16ClNO5/c1-21-14-8-11(15(22-2)7-10(14)18)19-17(20)16-9-23-12-5-3-4-6-13(12)24-16/h3-8,16H,9H2,1-2H3,(H,19,20)/t16-/m0/s1. The molecule has 6 nitrogen and oxygen atoms in total. The van der Waals surface area contributed by atoms with Crippen molar-refractivity contribution >= 4 is 23.2 Å². The van der Waals surface area contributed by atoms with E-state index in [9.17, 15) is 4.79 Å². The summed E-state index contributed by atoms with van der Waals surface area (Å²) in [7, 11) is 2.98. The molecule has 0 radical (unpaired) electrons. The van der Waals surface area contributed by atoms with E-state index in [0.717, 1.165) is 0 Å². The first kappa shape index (κ1) is 16.3. The number of carbonyl (C=O) groups excluding carboxylic acids is 1. The fraction of sp³-hybridized carbons (Fsp3) is 0.235. The Morgan fingerprint density at radius 1 is 1.17 bits per heavy atom. The molecule has 0 aromatic heterocycles. The minimum Gasteiger partial charge on any atom is -0.495 e. The third-order valence-corrected chi connectivity index (χ3v) is 3.83. The number of amides is 1. The highest BCUT2D eigenvalue weighted by Gasteiger charge is 2.28. The number of carbonyl (C=O) groups is 1. The summed E-state index contributed by atoms with van der Waals surface area (Å²) < 4.78 is 21.6. The molecular weight excluding hydrogens is 334 g/mol. The molecule has 0 saturated carbocycles. The summed E-state index contributed by atoms with van der Waals surface area (Å²) in [5.74, 6) is 1.65. The number of halogens is 1. The van der Waals surface area contributed by atoms with Crippen LogP contribution < -0.4 is 24.3 Å². The van der Waals surface area contributed by atoms with Crippen LogP contribution in [0.15, 0.2) is 36.4 Å². The summed E-state index contributed by atoms with van der Waals surface area (Å²) in [6.45, 7) is 0.121. The van der Waals surface area contributed by atoms with Crippen LogP contribution in [0.3, 0.4) is 0 Å². The van der Waals surface area contributed by atoms with Gasteiger partial charge in [-0.1, -0.05) is 23.7 Å². The number of para-hydroxylation sites is 2. The van der Waals surface area contributed by atoms with Gasteiger partial charge in [0.15, 0.2) is 11.5 Å². The van der Waals surface area contributed by atoms with Gasteiger partial charge in [0.25, 0.3) is 5.91 Å². The Kier molecular flexibility index (Phi) is 4.66. The van der Waals surface area contributed by atoms with Gasteiger partial charge in [0.05, 0.1) is 24.9 Å². The number of hydrogen-bond donors (Lipinski definition) is 1. The molecule has 7 heteroatoms. The number of rotatable bonds is 4. The Bertz CT molecular complexity index is 765. The molecule has 3 rings (SSSR count). The molecule has 1 N–H and O–H groups in total. The molecule has 0 unspecified atom stereocenters. The van der Waals surface area contributed by atoms with E-state index in [4.69, 9.17) is 30.5 Å². The summed E-state index contributed by atoms with van der Waals surface area (Å²) in [4.78, 5) is 12.5. The third-order valence-electron chi connectivity index (χ3n) is 3.53.